The summed E-state index contributed by atoms with van der Waals surface area (Å²) in [5.74, 6) is -1.72. The number of rotatable bonds is 4. The van der Waals surface area contributed by atoms with E-state index in [-0.39, 0.29) is 11.4 Å². The smallest absolute Gasteiger partial charge is 0.261 e. The molecule has 110 valence electrons. The fraction of sp³-hybridized carbons (Fsp3) is 0.200. The molecule has 0 saturated carbocycles. The van der Waals surface area contributed by atoms with Gasteiger partial charge in [0.1, 0.15) is 5.82 Å². The normalized spacial score (nSPS) is 10.3. The maximum Gasteiger partial charge on any atom is 0.261 e. The molecule has 0 radical (unpaired) electrons. The molecule has 2 aromatic rings. The summed E-state index contributed by atoms with van der Waals surface area (Å²) >= 11 is 0. The van der Waals surface area contributed by atoms with Crippen molar-refractivity contribution < 1.29 is 13.6 Å². The Balaban J connectivity index is 2.33. The van der Waals surface area contributed by atoms with Gasteiger partial charge in [-0.1, -0.05) is 6.07 Å². The Morgan fingerprint density at radius 2 is 2.10 bits per heavy atom. The molecule has 0 aliphatic carbocycles. The number of halogens is 2. The molecule has 0 fully saturated rings. The third-order valence-corrected chi connectivity index (χ3v) is 2.96. The number of benzene rings is 1. The molecule has 6 heteroatoms. The first kappa shape index (κ1) is 14.9. The second kappa shape index (κ2) is 6.30. The Bertz CT molecular complexity index is 661. The first-order chi connectivity index (χ1) is 10.0. The van der Waals surface area contributed by atoms with Gasteiger partial charge in [0, 0.05) is 25.5 Å². The van der Waals surface area contributed by atoms with Crippen molar-refractivity contribution in [1.29, 1.82) is 0 Å². The van der Waals surface area contributed by atoms with E-state index >= 15 is 0 Å². The summed E-state index contributed by atoms with van der Waals surface area (Å²) in [7, 11) is 1.46. The fourth-order valence-corrected chi connectivity index (χ4v) is 1.88. The van der Waals surface area contributed by atoms with Crippen LogP contribution in [0.5, 0.6) is 0 Å². The van der Waals surface area contributed by atoms with Crippen molar-refractivity contribution in [3.63, 3.8) is 0 Å². The van der Waals surface area contributed by atoms with Crippen LogP contribution >= 0.6 is 0 Å². The van der Waals surface area contributed by atoms with Gasteiger partial charge in [-0.05, 0) is 31.2 Å². The lowest BCUT2D eigenvalue weighted by atomic mass is 10.2. The number of aromatic nitrogens is 1. The average Bonchev–Trinajstić information content (AvgIpc) is 2.48. The lowest BCUT2D eigenvalue weighted by Gasteiger charge is -2.18. The molecule has 4 nitrogen and oxygen atoms in total. The molecule has 1 N–H and O–H groups in total. The van der Waals surface area contributed by atoms with Gasteiger partial charge in [0.25, 0.3) is 5.91 Å². The van der Waals surface area contributed by atoms with E-state index in [0.717, 1.165) is 0 Å². The predicted molar refractivity (Wildman–Crippen MR) is 77.5 cm³/mol. The van der Waals surface area contributed by atoms with Crippen molar-refractivity contribution in [3.05, 3.63) is 53.7 Å². The maximum absolute atomic E-state index is 14.2. The topological polar surface area (TPSA) is 45.2 Å². The summed E-state index contributed by atoms with van der Waals surface area (Å²) in [6.07, 6.45) is 1.35. The van der Waals surface area contributed by atoms with Gasteiger partial charge in [-0.25, -0.2) is 13.8 Å². The van der Waals surface area contributed by atoms with Gasteiger partial charge in [0.15, 0.2) is 11.6 Å². The molecular formula is C15H15F2N3O. The van der Waals surface area contributed by atoms with E-state index in [0.29, 0.717) is 12.2 Å². The minimum atomic E-state index is -0.715. The Hall–Kier alpha value is -2.50. The Kier molecular flexibility index (Phi) is 4.47. The molecule has 0 aliphatic heterocycles. The van der Waals surface area contributed by atoms with Gasteiger partial charge in [-0.15, -0.1) is 0 Å². The van der Waals surface area contributed by atoms with E-state index in [1.54, 1.807) is 13.0 Å². The lowest BCUT2D eigenvalue weighted by molar-refractivity contribution is 0.0989. The van der Waals surface area contributed by atoms with Crippen molar-refractivity contribution in [3.8, 4) is 0 Å². The van der Waals surface area contributed by atoms with E-state index in [4.69, 9.17) is 0 Å². The molecule has 1 aromatic carbocycles. The average molecular weight is 291 g/mol. The number of amides is 1. The van der Waals surface area contributed by atoms with Crippen LogP contribution in [0.2, 0.25) is 0 Å². The van der Waals surface area contributed by atoms with Crippen LogP contribution in [0.15, 0.2) is 36.5 Å². The Labute approximate surface area is 121 Å². The van der Waals surface area contributed by atoms with E-state index in [1.807, 2.05) is 0 Å². The molecule has 1 heterocycles. The summed E-state index contributed by atoms with van der Waals surface area (Å²) in [5.41, 5.74) is 0.230. The van der Waals surface area contributed by atoms with Crippen molar-refractivity contribution in [2.75, 3.05) is 23.8 Å². The van der Waals surface area contributed by atoms with Crippen molar-refractivity contribution in [2.24, 2.45) is 0 Å². The first-order valence-electron chi connectivity index (χ1n) is 6.46. The molecular weight excluding hydrogens is 276 g/mol. The number of nitrogens with one attached hydrogen (secondary N) is 1. The standard InChI is InChI=1S/C15H15F2N3O/c1-3-18-14-13(17)12(7-8-19-14)15(21)20(2)11-6-4-5-10(16)9-11/h4-9H,3H2,1-2H3,(H,18,19). The van der Waals surface area contributed by atoms with Crippen LogP contribution in [-0.2, 0) is 0 Å². The molecule has 21 heavy (non-hydrogen) atoms. The molecule has 2 rings (SSSR count). The number of pyridine rings is 1. The minimum Gasteiger partial charge on any atom is -0.368 e. The highest BCUT2D eigenvalue weighted by atomic mass is 19.1. The van der Waals surface area contributed by atoms with E-state index in [9.17, 15) is 13.6 Å². The third kappa shape index (κ3) is 3.16. The Morgan fingerprint density at radius 1 is 1.33 bits per heavy atom. The van der Waals surface area contributed by atoms with Gasteiger partial charge >= 0.3 is 0 Å². The SMILES string of the molecule is CCNc1nccc(C(=O)N(C)c2cccc(F)c2)c1F. The molecule has 1 aromatic heterocycles. The molecule has 0 aliphatic rings. The van der Waals surface area contributed by atoms with E-state index < -0.39 is 17.5 Å². The molecule has 0 saturated heterocycles. The monoisotopic (exact) mass is 291 g/mol. The van der Waals surface area contributed by atoms with Gasteiger partial charge in [-0.3, -0.25) is 4.79 Å². The first-order valence-corrected chi connectivity index (χ1v) is 6.46. The van der Waals surface area contributed by atoms with Gasteiger partial charge in [-0.2, -0.15) is 0 Å². The zero-order valence-electron chi connectivity index (χ0n) is 11.7. The Morgan fingerprint density at radius 3 is 2.76 bits per heavy atom. The fourth-order valence-electron chi connectivity index (χ4n) is 1.88. The molecule has 0 bridgehead atoms. The van der Waals surface area contributed by atoms with E-state index in [2.05, 4.69) is 10.3 Å². The second-order valence-corrected chi connectivity index (χ2v) is 4.40. The molecule has 0 atom stereocenters. The third-order valence-electron chi connectivity index (χ3n) is 2.96. The zero-order valence-corrected chi connectivity index (χ0v) is 11.7. The largest absolute Gasteiger partial charge is 0.368 e. The highest BCUT2D eigenvalue weighted by Gasteiger charge is 2.20. The molecule has 0 unspecified atom stereocenters. The van der Waals surface area contributed by atoms with Gasteiger partial charge in [0.2, 0.25) is 0 Å². The van der Waals surface area contributed by atoms with Crippen LogP contribution in [0.3, 0.4) is 0 Å². The minimum absolute atomic E-state index is 0.0241. The van der Waals surface area contributed by atoms with Crippen LogP contribution in [0.1, 0.15) is 17.3 Å². The van der Waals surface area contributed by atoms with Crippen molar-refractivity contribution >= 4 is 17.4 Å². The number of hydrogen-bond acceptors (Lipinski definition) is 3. The zero-order chi connectivity index (χ0) is 15.4. The van der Waals surface area contributed by atoms with Crippen molar-refractivity contribution in [1.82, 2.24) is 4.98 Å². The molecule has 0 spiro atoms. The summed E-state index contributed by atoms with van der Waals surface area (Å²) < 4.78 is 27.4. The van der Waals surface area contributed by atoms with Crippen LogP contribution in [-0.4, -0.2) is 24.5 Å². The second-order valence-electron chi connectivity index (χ2n) is 4.40. The van der Waals surface area contributed by atoms with Gasteiger partial charge < -0.3 is 10.2 Å². The maximum atomic E-state index is 14.2. The number of carbonyl (C=O) groups is 1. The summed E-state index contributed by atoms with van der Waals surface area (Å²) in [6.45, 7) is 2.29. The lowest BCUT2D eigenvalue weighted by Crippen LogP contribution is -2.27. The number of nitrogens with zero attached hydrogens (tertiary/aromatic N) is 2. The van der Waals surface area contributed by atoms with Crippen LogP contribution < -0.4 is 10.2 Å². The summed E-state index contributed by atoms with van der Waals surface area (Å²) in [5, 5.41) is 2.74. The van der Waals surface area contributed by atoms with E-state index in [1.165, 1.54) is 42.4 Å². The van der Waals surface area contributed by atoms with Crippen molar-refractivity contribution in [2.45, 2.75) is 6.92 Å². The van der Waals surface area contributed by atoms with Crippen LogP contribution in [0, 0.1) is 11.6 Å². The highest BCUT2D eigenvalue weighted by molar-refractivity contribution is 6.06. The highest BCUT2D eigenvalue weighted by Crippen LogP contribution is 2.20. The van der Waals surface area contributed by atoms with Gasteiger partial charge in [0.05, 0.1) is 5.56 Å². The number of hydrogen-bond donors (Lipinski definition) is 1. The molecule has 1 amide bonds. The number of anilines is 2. The van der Waals surface area contributed by atoms with Crippen LogP contribution in [0.25, 0.3) is 0 Å². The predicted octanol–water partition coefficient (Wildman–Crippen LogP) is 3.07. The van der Waals surface area contributed by atoms with Crippen LogP contribution in [0.4, 0.5) is 20.3 Å². The summed E-state index contributed by atoms with van der Waals surface area (Å²) in [6, 6.07) is 6.85. The number of carbonyl (C=O) groups excluding carboxylic acids is 1. The quantitative estimate of drug-likeness (QED) is 0.941. The summed E-state index contributed by atoms with van der Waals surface area (Å²) in [4.78, 5) is 17.4.